The molecule has 34 heavy (non-hydrogen) atoms. The van der Waals surface area contributed by atoms with Gasteiger partial charge in [-0.05, 0) is 24.8 Å². The monoisotopic (exact) mass is 464 g/mol. The van der Waals surface area contributed by atoms with Gasteiger partial charge in [0.25, 0.3) is 0 Å². The second-order valence-corrected chi connectivity index (χ2v) is 9.60. The van der Waals surface area contributed by atoms with Crippen molar-refractivity contribution in [2.24, 2.45) is 5.92 Å². The SMILES string of the molecule is O=C(O)C(CCCCCCCCCCCCCCCCc1ccccc1)C(=O)c1ccccc1. The first-order chi connectivity index (χ1) is 16.7. The van der Waals surface area contributed by atoms with Gasteiger partial charge in [0, 0.05) is 5.56 Å². The quantitative estimate of drug-likeness (QED) is 0.121. The van der Waals surface area contributed by atoms with E-state index in [1.54, 1.807) is 24.3 Å². The smallest absolute Gasteiger partial charge is 0.314 e. The third kappa shape index (κ3) is 12.2. The Morgan fingerprint density at radius 1 is 0.559 bits per heavy atom. The van der Waals surface area contributed by atoms with Crippen LogP contribution in [0.25, 0.3) is 0 Å². The van der Waals surface area contributed by atoms with Gasteiger partial charge >= 0.3 is 5.97 Å². The van der Waals surface area contributed by atoms with E-state index in [0.29, 0.717) is 12.0 Å². The summed E-state index contributed by atoms with van der Waals surface area (Å²) in [6.07, 6.45) is 19.2. The van der Waals surface area contributed by atoms with Crippen molar-refractivity contribution in [1.82, 2.24) is 0 Å². The van der Waals surface area contributed by atoms with E-state index < -0.39 is 11.9 Å². The lowest BCUT2D eigenvalue weighted by atomic mass is 9.92. The topological polar surface area (TPSA) is 54.4 Å². The molecule has 2 aromatic rings. The number of carbonyl (C=O) groups excluding carboxylic acids is 1. The van der Waals surface area contributed by atoms with Gasteiger partial charge in [-0.1, -0.05) is 144 Å². The lowest BCUT2D eigenvalue weighted by Gasteiger charge is -2.11. The lowest BCUT2D eigenvalue weighted by Crippen LogP contribution is -2.23. The molecule has 0 aliphatic heterocycles. The predicted octanol–water partition coefficient (Wildman–Crippen LogP) is 8.66. The fourth-order valence-electron chi connectivity index (χ4n) is 4.61. The summed E-state index contributed by atoms with van der Waals surface area (Å²) < 4.78 is 0. The second-order valence-electron chi connectivity index (χ2n) is 9.60. The third-order valence-corrected chi connectivity index (χ3v) is 6.72. The van der Waals surface area contributed by atoms with E-state index >= 15 is 0 Å². The summed E-state index contributed by atoms with van der Waals surface area (Å²) in [4.78, 5) is 24.0. The normalized spacial score (nSPS) is 11.9. The number of ketones is 1. The van der Waals surface area contributed by atoms with Crippen molar-refractivity contribution in [3.63, 3.8) is 0 Å². The molecular formula is C31H44O3. The van der Waals surface area contributed by atoms with Crippen molar-refractivity contribution < 1.29 is 14.7 Å². The van der Waals surface area contributed by atoms with Gasteiger partial charge < -0.3 is 5.11 Å². The summed E-state index contributed by atoms with van der Waals surface area (Å²) >= 11 is 0. The van der Waals surface area contributed by atoms with Crippen molar-refractivity contribution in [3.8, 4) is 0 Å². The maximum absolute atomic E-state index is 12.4. The highest BCUT2D eigenvalue weighted by molar-refractivity contribution is 6.08. The van der Waals surface area contributed by atoms with Gasteiger partial charge in [-0.15, -0.1) is 0 Å². The first-order valence-electron chi connectivity index (χ1n) is 13.5. The van der Waals surface area contributed by atoms with Crippen LogP contribution in [0.15, 0.2) is 60.7 Å². The zero-order valence-corrected chi connectivity index (χ0v) is 20.9. The number of rotatable bonds is 20. The van der Waals surface area contributed by atoms with Gasteiger partial charge in [0.2, 0.25) is 0 Å². The average Bonchev–Trinajstić information content (AvgIpc) is 2.86. The predicted molar refractivity (Wildman–Crippen MR) is 141 cm³/mol. The molecule has 0 bridgehead atoms. The summed E-state index contributed by atoms with van der Waals surface area (Å²) in [5.41, 5.74) is 1.96. The molecule has 186 valence electrons. The molecule has 1 unspecified atom stereocenters. The number of carboxylic acid groups (broad SMARTS) is 1. The van der Waals surface area contributed by atoms with Gasteiger partial charge in [-0.2, -0.15) is 0 Å². The number of benzene rings is 2. The van der Waals surface area contributed by atoms with E-state index in [0.717, 1.165) is 19.3 Å². The minimum atomic E-state index is -0.999. The number of aliphatic carboxylic acids is 1. The van der Waals surface area contributed by atoms with Crippen LogP contribution in [0.4, 0.5) is 0 Å². The first kappa shape index (κ1) is 27.8. The molecule has 1 atom stereocenters. The van der Waals surface area contributed by atoms with E-state index in [4.69, 9.17) is 0 Å². The van der Waals surface area contributed by atoms with E-state index in [1.165, 1.54) is 82.6 Å². The molecular weight excluding hydrogens is 420 g/mol. The molecule has 0 radical (unpaired) electrons. The zero-order valence-electron chi connectivity index (χ0n) is 20.9. The van der Waals surface area contributed by atoms with Crippen molar-refractivity contribution in [1.29, 1.82) is 0 Å². The Bertz CT molecular complexity index is 785. The Kier molecular flexibility index (Phi) is 14.7. The first-order valence-corrected chi connectivity index (χ1v) is 13.5. The van der Waals surface area contributed by atoms with E-state index in [9.17, 15) is 14.7 Å². The van der Waals surface area contributed by atoms with Crippen LogP contribution >= 0.6 is 0 Å². The molecule has 3 heteroatoms. The Balaban J connectivity index is 1.36. The maximum Gasteiger partial charge on any atom is 0.314 e. The number of carbonyl (C=O) groups is 2. The summed E-state index contributed by atoms with van der Waals surface area (Å²) in [5, 5.41) is 9.44. The standard InChI is InChI=1S/C31H44O3/c32-30(28-24-18-14-19-25-28)29(31(33)34)26-20-12-10-8-6-4-2-1-3-5-7-9-11-15-21-27-22-16-13-17-23-27/h13-14,16-19,22-25,29H,1-12,15,20-21,26H2,(H,33,34). The number of aryl methyl sites for hydroxylation is 1. The largest absolute Gasteiger partial charge is 0.481 e. The average molecular weight is 465 g/mol. The number of hydrogen-bond donors (Lipinski definition) is 1. The van der Waals surface area contributed by atoms with Gasteiger partial charge in [0.15, 0.2) is 5.78 Å². The molecule has 0 heterocycles. The van der Waals surface area contributed by atoms with Crippen LogP contribution in [0.2, 0.25) is 0 Å². The maximum atomic E-state index is 12.4. The fourth-order valence-corrected chi connectivity index (χ4v) is 4.61. The van der Waals surface area contributed by atoms with Gasteiger partial charge in [0.05, 0.1) is 0 Å². The van der Waals surface area contributed by atoms with E-state index in [2.05, 4.69) is 30.3 Å². The molecule has 0 fully saturated rings. The lowest BCUT2D eigenvalue weighted by molar-refractivity contribution is -0.140. The highest BCUT2D eigenvalue weighted by atomic mass is 16.4. The Morgan fingerprint density at radius 3 is 1.44 bits per heavy atom. The Morgan fingerprint density at radius 2 is 0.971 bits per heavy atom. The second kappa shape index (κ2) is 18.0. The summed E-state index contributed by atoms with van der Waals surface area (Å²) in [5.74, 6) is -2.17. The van der Waals surface area contributed by atoms with Gasteiger partial charge in [-0.3, -0.25) is 9.59 Å². The number of hydrogen-bond acceptors (Lipinski definition) is 2. The summed E-state index contributed by atoms with van der Waals surface area (Å²) in [6, 6.07) is 19.6. The molecule has 0 aromatic heterocycles. The van der Waals surface area contributed by atoms with Crippen molar-refractivity contribution in [2.45, 2.75) is 103 Å². The van der Waals surface area contributed by atoms with Crippen LogP contribution in [0, 0.1) is 5.92 Å². The molecule has 0 amide bonds. The number of Topliss-reactive ketones (excluding diaryl/α,β-unsaturated/α-hetero) is 1. The molecule has 1 N–H and O–H groups in total. The Labute approximate surface area is 207 Å². The molecule has 0 aliphatic rings. The van der Waals surface area contributed by atoms with Crippen LogP contribution in [-0.2, 0) is 11.2 Å². The van der Waals surface area contributed by atoms with E-state index in [-0.39, 0.29) is 5.78 Å². The van der Waals surface area contributed by atoms with Crippen LogP contribution in [0.3, 0.4) is 0 Å². The molecule has 3 nitrogen and oxygen atoms in total. The Hall–Kier alpha value is -2.42. The summed E-state index contributed by atoms with van der Waals surface area (Å²) in [6.45, 7) is 0. The molecule has 0 aliphatic carbocycles. The van der Waals surface area contributed by atoms with E-state index in [1.807, 2.05) is 6.07 Å². The number of carboxylic acids is 1. The van der Waals surface area contributed by atoms with Gasteiger partial charge in [-0.25, -0.2) is 0 Å². The van der Waals surface area contributed by atoms with Gasteiger partial charge in [0.1, 0.15) is 5.92 Å². The number of unbranched alkanes of at least 4 members (excludes halogenated alkanes) is 13. The van der Waals surface area contributed by atoms with Crippen LogP contribution in [0.1, 0.15) is 112 Å². The van der Waals surface area contributed by atoms with Crippen LogP contribution in [0.5, 0.6) is 0 Å². The highest BCUT2D eigenvalue weighted by Crippen LogP contribution is 2.18. The highest BCUT2D eigenvalue weighted by Gasteiger charge is 2.26. The fraction of sp³-hybridized carbons (Fsp3) is 0.548. The molecule has 2 aromatic carbocycles. The zero-order chi connectivity index (χ0) is 24.3. The van der Waals surface area contributed by atoms with Crippen molar-refractivity contribution in [2.75, 3.05) is 0 Å². The van der Waals surface area contributed by atoms with Crippen molar-refractivity contribution in [3.05, 3.63) is 71.8 Å². The molecule has 0 spiro atoms. The summed E-state index contributed by atoms with van der Waals surface area (Å²) in [7, 11) is 0. The third-order valence-electron chi connectivity index (χ3n) is 6.72. The van der Waals surface area contributed by atoms with Crippen LogP contribution in [-0.4, -0.2) is 16.9 Å². The molecule has 2 rings (SSSR count). The minimum absolute atomic E-state index is 0.264. The van der Waals surface area contributed by atoms with Crippen molar-refractivity contribution >= 4 is 11.8 Å². The minimum Gasteiger partial charge on any atom is -0.481 e. The molecule has 0 saturated carbocycles. The molecule has 0 saturated heterocycles. The van der Waals surface area contributed by atoms with Crippen LogP contribution < -0.4 is 0 Å².